The summed E-state index contributed by atoms with van der Waals surface area (Å²) >= 11 is 0. The Morgan fingerprint density at radius 2 is 2.29 bits per heavy atom. The van der Waals surface area contributed by atoms with Crippen LogP contribution in [0.4, 0.5) is 0 Å². The number of hydrogen-bond acceptors (Lipinski definition) is 3. The molecule has 14 heavy (non-hydrogen) atoms. The second-order valence-corrected chi connectivity index (χ2v) is 3.24. The third-order valence-corrected chi connectivity index (χ3v) is 1.72. The zero-order valence-corrected chi connectivity index (χ0v) is 9.46. The van der Waals surface area contributed by atoms with Gasteiger partial charge in [0, 0.05) is 6.04 Å². The van der Waals surface area contributed by atoms with Crippen LogP contribution in [0.25, 0.3) is 0 Å². The number of ether oxygens (including phenoxy) is 1. The molecule has 0 saturated carbocycles. The van der Waals surface area contributed by atoms with Crippen molar-refractivity contribution in [1.29, 1.82) is 0 Å². The van der Waals surface area contributed by atoms with Gasteiger partial charge in [-0.15, -0.1) is 12.4 Å². The topological polar surface area (TPSA) is 53.1 Å². The maximum absolute atomic E-state index is 5.41. The minimum absolute atomic E-state index is 0. The van der Waals surface area contributed by atoms with E-state index in [0.29, 0.717) is 19.2 Å². The predicted molar refractivity (Wildman–Crippen MR) is 59.0 cm³/mol. The fourth-order valence-corrected chi connectivity index (χ4v) is 0.951. The largest absolute Gasteiger partial charge is 0.490 e. The van der Waals surface area contributed by atoms with Crippen LogP contribution in [-0.2, 0) is 0 Å². The molecule has 0 atom stereocenters. The Kier molecular flexibility index (Phi) is 6.32. The number of aromatic nitrogens is 2. The maximum atomic E-state index is 5.41. The first-order chi connectivity index (χ1) is 6.24. The lowest BCUT2D eigenvalue weighted by atomic mass is 10.4. The Morgan fingerprint density at radius 1 is 1.57 bits per heavy atom. The molecule has 2 N–H and O–H groups in total. The lowest BCUT2D eigenvalue weighted by Gasteiger charge is -2.03. The van der Waals surface area contributed by atoms with Crippen molar-refractivity contribution in [1.82, 2.24) is 9.78 Å². The second kappa shape index (κ2) is 6.68. The van der Waals surface area contributed by atoms with Crippen molar-refractivity contribution in [3.8, 4) is 5.75 Å². The van der Waals surface area contributed by atoms with Gasteiger partial charge in [-0.1, -0.05) is 0 Å². The van der Waals surface area contributed by atoms with Crippen molar-refractivity contribution in [2.75, 3.05) is 13.2 Å². The highest BCUT2D eigenvalue weighted by atomic mass is 35.5. The minimum atomic E-state index is 0. The molecule has 0 aromatic carbocycles. The molecule has 0 bridgehead atoms. The van der Waals surface area contributed by atoms with Crippen molar-refractivity contribution in [2.24, 2.45) is 5.73 Å². The van der Waals surface area contributed by atoms with E-state index in [9.17, 15) is 0 Å². The summed E-state index contributed by atoms with van der Waals surface area (Å²) in [6.07, 6.45) is 4.52. The van der Waals surface area contributed by atoms with Crippen LogP contribution in [0.3, 0.4) is 0 Å². The van der Waals surface area contributed by atoms with E-state index < -0.39 is 0 Å². The standard InChI is InChI=1S/C9H17N3O.ClH/c1-8(2)12-7-9(6-11-12)13-5-3-4-10;/h6-8H,3-5,10H2,1-2H3;1H. The van der Waals surface area contributed by atoms with Crippen molar-refractivity contribution in [3.05, 3.63) is 12.4 Å². The van der Waals surface area contributed by atoms with Gasteiger partial charge in [0.2, 0.25) is 0 Å². The Labute approximate surface area is 90.8 Å². The van der Waals surface area contributed by atoms with Gasteiger partial charge in [0.15, 0.2) is 5.75 Å². The van der Waals surface area contributed by atoms with Crippen LogP contribution in [0.5, 0.6) is 5.75 Å². The van der Waals surface area contributed by atoms with E-state index >= 15 is 0 Å². The number of nitrogens with zero attached hydrogens (tertiary/aromatic N) is 2. The molecule has 5 heteroatoms. The molecule has 1 rings (SSSR count). The minimum Gasteiger partial charge on any atom is -0.490 e. The van der Waals surface area contributed by atoms with Gasteiger partial charge >= 0.3 is 0 Å². The van der Waals surface area contributed by atoms with Crippen LogP contribution in [0.1, 0.15) is 26.3 Å². The molecular weight excluding hydrogens is 202 g/mol. The van der Waals surface area contributed by atoms with Gasteiger partial charge in [-0.3, -0.25) is 4.68 Å². The van der Waals surface area contributed by atoms with E-state index in [1.165, 1.54) is 0 Å². The summed E-state index contributed by atoms with van der Waals surface area (Å²) in [5.74, 6) is 0.821. The average Bonchev–Trinajstić information content (AvgIpc) is 2.53. The van der Waals surface area contributed by atoms with Gasteiger partial charge in [-0.25, -0.2) is 0 Å². The summed E-state index contributed by atoms with van der Waals surface area (Å²) in [6.45, 7) is 5.49. The molecule has 1 heterocycles. The third kappa shape index (κ3) is 3.98. The molecule has 0 saturated heterocycles. The fraction of sp³-hybridized carbons (Fsp3) is 0.667. The predicted octanol–water partition coefficient (Wildman–Crippen LogP) is 1.61. The number of hydrogen-bond donors (Lipinski definition) is 1. The van der Waals surface area contributed by atoms with Crippen LogP contribution < -0.4 is 10.5 Å². The number of rotatable bonds is 5. The zero-order chi connectivity index (χ0) is 9.68. The molecule has 0 fully saturated rings. The molecule has 1 aromatic rings. The summed E-state index contributed by atoms with van der Waals surface area (Å²) in [5.41, 5.74) is 5.35. The Bertz CT molecular complexity index is 250. The smallest absolute Gasteiger partial charge is 0.157 e. The van der Waals surface area contributed by atoms with Crippen LogP contribution in [0.15, 0.2) is 12.4 Å². The number of halogens is 1. The van der Waals surface area contributed by atoms with Crippen LogP contribution in [0, 0.1) is 0 Å². The van der Waals surface area contributed by atoms with Crippen LogP contribution in [-0.4, -0.2) is 22.9 Å². The molecule has 0 aliphatic heterocycles. The average molecular weight is 220 g/mol. The molecule has 0 amide bonds. The summed E-state index contributed by atoms with van der Waals surface area (Å²) < 4.78 is 7.29. The molecular formula is C9H18ClN3O. The van der Waals surface area contributed by atoms with E-state index in [1.54, 1.807) is 6.20 Å². The Morgan fingerprint density at radius 3 is 2.79 bits per heavy atom. The third-order valence-electron chi connectivity index (χ3n) is 1.72. The molecule has 4 nitrogen and oxygen atoms in total. The van der Waals surface area contributed by atoms with Crippen molar-refractivity contribution < 1.29 is 4.74 Å². The van der Waals surface area contributed by atoms with Gasteiger partial charge in [0.1, 0.15) is 0 Å². The normalized spacial score (nSPS) is 10.0. The molecule has 82 valence electrons. The Balaban J connectivity index is 0.00000169. The second-order valence-electron chi connectivity index (χ2n) is 3.24. The van der Waals surface area contributed by atoms with E-state index in [4.69, 9.17) is 10.5 Å². The van der Waals surface area contributed by atoms with Gasteiger partial charge < -0.3 is 10.5 Å². The van der Waals surface area contributed by atoms with E-state index in [0.717, 1.165) is 12.2 Å². The highest BCUT2D eigenvalue weighted by molar-refractivity contribution is 5.85. The van der Waals surface area contributed by atoms with Gasteiger partial charge in [-0.2, -0.15) is 5.10 Å². The summed E-state index contributed by atoms with van der Waals surface area (Å²) in [5, 5.41) is 4.15. The zero-order valence-electron chi connectivity index (χ0n) is 8.64. The SMILES string of the molecule is CC(C)n1cc(OCCCN)cn1.Cl. The van der Waals surface area contributed by atoms with E-state index in [1.807, 2.05) is 10.9 Å². The van der Waals surface area contributed by atoms with E-state index in [2.05, 4.69) is 18.9 Å². The number of nitrogens with two attached hydrogens (primary N) is 1. The van der Waals surface area contributed by atoms with Gasteiger partial charge in [0.05, 0.1) is 19.0 Å². The molecule has 0 spiro atoms. The molecule has 1 aromatic heterocycles. The van der Waals surface area contributed by atoms with E-state index in [-0.39, 0.29) is 12.4 Å². The van der Waals surface area contributed by atoms with Crippen molar-refractivity contribution in [3.63, 3.8) is 0 Å². The molecule has 0 unspecified atom stereocenters. The van der Waals surface area contributed by atoms with Crippen molar-refractivity contribution in [2.45, 2.75) is 26.3 Å². The first-order valence-corrected chi connectivity index (χ1v) is 4.61. The Hall–Kier alpha value is -0.740. The lowest BCUT2D eigenvalue weighted by molar-refractivity contribution is 0.312. The summed E-state index contributed by atoms with van der Waals surface area (Å²) in [6, 6.07) is 0.381. The lowest BCUT2D eigenvalue weighted by Crippen LogP contribution is -2.05. The van der Waals surface area contributed by atoms with Crippen molar-refractivity contribution >= 4 is 12.4 Å². The fourth-order valence-electron chi connectivity index (χ4n) is 0.951. The first-order valence-electron chi connectivity index (χ1n) is 4.61. The molecule has 0 radical (unpaired) electrons. The first kappa shape index (κ1) is 13.3. The highest BCUT2D eigenvalue weighted by Gasteiger charge is 2.01. The van der Waals surface area contributed by atoms with Crippen LogP contribution in [0.2, 0.25) is 0 Å². The highest BCUT2D eigenvalue weighted by Crippen LogP contribution is 2.12. The monoisotopic (exact) mass is 219 g/mol. The van der Waals surface area contributed by atoms with Gasteiger partial charge in [-0.05, 0) is 26.8 Å². The quantitative estimate of drug-likeness (QED) is 0.766. The summed E-state index contributed by atoms with van der Waals surface area (Å²) in [4.78, 5) is 0. The van der Waals surface area contributed by atoms with Crippen LogP contribution >= 0.6 is 12.4 Å². The van der Waals surface area contributed by atoms with Gasteiger partial charge in [0.25, 0.3) is 0 Å². The summed E-state index contributed by atoms with van der Waals surface area (Å²) in [7, 11) is 0. The molecule has 0 aliphatic carbocycles. The maximum Gasteiger partial charge on any atom is 0.157 e. The molecule has 0 aliphatic rings.